The van der Waals surface area contributed by atoms with Crippen LogP contribution in [0.2, 0.25) is 0 Å². The number of halogens is 1. The van der Waals surface area contributed by atoms with Gasteiger partial charge in [-0.1, -0.05) is 34.1 Å². The molecule has 0 unspecified atom stereocenters. The molecule has 1 heterocycles. The molecule has 0 spiro atoms. The molecule has 0 amide bonds. The van der Waals surface area contributed by atoms with Crippen LogP contribution in [0.25, 0.3) is 6.08 Å². The third-order valence-corrected chi connectivity index (χ3v) is 5.64. The van der Waals surface area contributed by atoms with Crippen molar-refractivity contribution in [3.05, 3.63) is 93.1 Å². The molecule has 3 aromatic rings. The zero-order chi connectivity index (χ0) is 22.0. The standard InChI is InChI=1S/C25H19BrO5/c1-15-11-19(30-14-21(27)16-7-9-18(29-2)10-8-16)13-22-24(15)25(28)23(31-22)12-17-5-3-4-6-20(17)26/h3-13H,14H2,1-2H3/b23-12-. The van der Waals surface area contributed by atoms with Crippen molar-refractivity contribution >= 4 is 33.6 Å². The first-order valence-electron chi connectivity index (χ1n) is 9.59. The summed E-state index contributed by atoms with van der Waals surface area (Å²) in [6, 6.07) is 17.8. The summed E-state index contributed by atoms with van der Waals surface area (Å²) in [4.78, 5) is 25.2. The molecule has 5 nitrogen and oxygen atoms in total. The molecule has 1 aliphatic rings. The number of aryl methyl sites for hydroxylation is 1. The lowest BCUT2D eigenvalue weighted by Gasteiger charge is -2.09. The van der Waals surface area contributed by atoms with Crippen LogP contribution in [0.5, 0.6) is 17.2 Å². The van der Waals surface area contributed by atoms with E-state index in [1.54, 1.807) is 49.6 Å². The lowest BCUT2D eigenvalue weighted by molar-refractivity contribution is 0.0920. The molecule has 6 heteroatoms. The van der Waals surface area contributed by atoms with Gasteiger partial charge in [0.25, 0.3) is 0 Å². The smallest absolute Gasteiger partial charge is 0.232 e. The summed E-state index contributed by atoms with van der Waals surface area (Å²) >= 11 is 3.48. The maximum Gasteiger partial charge on any atom is 0.232 e. The van der Waals surface area contributed by atoms with Crippen LogP contribution in [0.1, 0.15) is 31.8 Å². The first kappa shape index (κ1) is 20.9. The van der Waals surface area contributed by atoms with Crippen LogP contribution in [0.4, 0.5) is 0 Å². The predicted octanol–water partition coefficient (Wildman–Crippen LogP) is 5.64. The molecule has 4 rings (SSSR count). The second kappa shape index (κ2) is 8.78. The number of Topliss-reactive ketones (excluding diaryl/α,β-unsaturated/α-hetero) is 2. The minimum Gasteiger partial charge on any atom is -0.497 e. The molecule has 0 saturated heterocycles. The Kier molecular flexibility index (Phi) is 5.91. The van der Waals surface area contributed by atoms with E-state index in [9.17, 15) is 9.59 Å². The number of rotatable bonds is 6. The van der Waals surface area contributed by atoms with E-state index in [1.165, 1.54) is 0 Å². The molecular formula is C25H19BrO5. The quantitative estimate of drug-likeness (QED) is 0.338. The largest absolute Gasteiger partial charge is 0.497 e. The highest BCUT2D eigenvalue weighted by Gasteiger charge is 2.30. The van der Waals surface area contributed by atoms with Gasteiger partial charge in [0, 0.05) is 16.1 Å². The van der Waals surface area contributed by atoms with E-state index >= 15 is 0 Å². The van der Waals surface area contributed by atoms with E-state index in [0.29, 0.717) is 28.4 Å². The van der Waals surface area contributed by atoms with E-state index in [0.717, 1.165) is 15.6 Å². The van der Waals surface area contributed by atoms with Crippen LogP contribution in [-0.4, -0.2) is 25.3 Å². The molecule has 0 bridgehead atoms. The number of ketones is 2. The van der Waals surface area contributed by atoms with Gasteiger partial charge in [-0.05, 0) is 60.5 Å². The summed E-state index contributed by atoms with van der Waals surface area (Å²) < 4.78 is 17.5. The van der Waals surface area contributed by atoms with E-state index in [1.807, 2.05) is 31.2 Å². The SMILES string of the molecule is COc1ccc(C(=O)COc2cc(C)c3c(c2)O/C(=C\c2ccccc2Br)C3=O)cc1. The molecule has 0 saturated carbocycles. The number of methoxy groups -OCH3 is 1. The summed E-state index contributed by atoms with van der Waals surface area (Å²) in [5.41, 5.74) is 2.61. The fourth-order valence-corrected chi connectivity index (χ4v) is 3.70. The highest BCUT2D eigenvalue weighted by Crippen LogP contribution is 2.38. The minimum absolute atomic E-state index is 0.127. The highest BCUT2D eigenvalue weighted by molar-refractivity contribution is 9.10. The fraction of sp³-hybridized carbons (Fsp3) is 0.120. The summed E-state index contributed by atoms with van der Waals surface area (Å²) in [5, 5.41) is 0. The Morgan fingerprint density at radius 3 is 2.52 bits per heavy atom. The lowest BCUT2D eigenvalue weighted by atomic mass is 10.0. The molecule has 156 valence electrons. The van der Waals surface area contributed by atoms with Crippen LogP contribution in [0.15, 0.2) is 70.9 Å². The zero-order valence-corrected chi connectivity index (χ0v) is 18.6. The third kappa shape index (κ3) is 4.39. The molecular weight excluding hydrogens is 460 g/mol. The van der Waals surface area contributed by atoms with Crippen molar-refractivity contribution in [2.75, 3.05) is 13.7 Å². The van der Waals surface area contributed by atoms with Crippen molar-refractivity contribution in [2.45, 2.75) is 6.92 Å². The summed E-state index contributed by atoms with van der Waals surface area (Å²) in [5.74, 6) is 1.48. The maximum absolute atomic E-state index is 12.8. The Balaban J connectivity index is 1.51. The van der Waals surface area contributed by atoms with Gasteiger partial charge in [0.15, 0.2) is 18.1 Å². The van der Waals surface area contributed by atoms with Gasteiger partial charge in [-0.2, -0.15) is 0 Å². The molecule has 0 fully saturated rings. The summed E-state index contributed by atoms with van der Waals surface area (Å²) in [7, 11) is 1.57. The maximum atomic E-state index is 12.8. The number of carbonyl (C=O) groups is 2. The number of benzene rings is 3. The van der Waals surface area contributed by atoms with Crippen molar-refractivity contribution in [3.63, 3.8) is 0 Å². The molecule has 0 aromatic heterocycles. The Morgan fingerprint density at radius 2 is 1.81 bits per heavy atom. The van der Waals surface area contributed by atoms with E-state index in [2.05, 4.69) is 15.9 Å². The molecule has 0 N–H and O–H groups in total. The number of fused-ring (bicyclic) bond motifs is 1. The van der Waals surface area contributed by atoms with Crippen LogP contribution >= 0.6 is 15.9 Å². The van der Waals surface area contributed by atoms with Crippen LogP contribution in [0, 0.1) is 6.92 Å². The minimum atomic E-state index is -0.177. The van der Waals surface area contributed by atoms with Crippen LogP contribution in [-0.2, 0) is 0 Å². The molecule has 3 aromatic carbocycles. The van der Waals surface area contributed by atoms with Gasteiger partial charge in [-0.3, -0.25) is 9.59 Å². The van der Waals surface area contributed by atoms with Crippen LogP contribution in [0.3, 0.4) is 0 Å². The zero-order valence-electron chi connectivity index (χ0n) is 17.0. The lowest BCUT2D eigenvalue weighted by Crippen LogP contribution is -2.11. The van der Waals surface area contributed by atoms with Crippen molar-refractivity contribution < 1.29 is 23.8 Å². The average molecular weight is 479 g/mol. The number of ether oxygens (including phenoxy) is 3. The average Bonchev–Trinajstić information content (AvgIpc) is 3.09. The third-order valence-electron chi connectivity index (χ3n) is 4.92. The number of allylic oxidation sites excluding steroid dienone is 1. The Bertz CT molecular complexity index is 1200. The van der Waals surface area contributed by atoms with Crippen LogP contribution < -0.4 is 14.2 Å². The van der Waals surface area contributed by atoms with E-state index in [-0.39, 0.29) is 23.9 Å². The number of carbonyl (C=O) groups excluding carboxylic acids is 2. The van der Waals surface area contributed by atoms with Gasteiger partial charge in [0.05, 0.1) is 12.7 Å². The Morgan fingerprint density at radius 1 is 1.06 bits per heavy atom. The van der Waals surface area contributed by atoms with Gasteiger partial charge in [-0.25, -0.2) is 0 Å². The van der Waals surface area contributed by atoms with Crippen molar-refractivity contribution in [3.8, 4) is 17.2 Å². The van der Waals surface area contributed by atoms with Gasteiger partial charge >= 0.3 is 0 Å². The van der Waals surface area contributed by atoms with E-state index in [4.69, 9.17) is 14.2 Å². The Labute approximate surface area is 188 Å². The first-order valence-corrected chi connectivity index (χ1v) is 10.4. The van der Waals surface area contributed by atoms with Gasteiger partial charge in [0.1, 0.15) is 17.2 Å². The van der Waals surface area contributed by atoms with Gasteiger partial charge < -0.3 is 14.2 Å². The monoisotopic (exact) mass is 478 g/mol. The second-order valence-electron chi connectivity index (χ2n) is 7.01. The van der Waals surface area contributed by atoms with Crippen molar-refractivity contribution in [1.29, 1.82) is 0 Å². The normalized spacial score (nSPS) is 13.6. The van der Waals surface area contributed by atoms with E-state index < -0.39 is 0 Å². The molecule has 0 atom stereocenters. The molecule has 0 radical (unpaired) electrons. The highest BCUT2D eigenvalue weighted by atomic mass is 79.9. The van der Waals surface area contributed by atoms with Crippen molar-refractivity contribution in [2.24, 2.45) is 0 Å². The molecule has 0 aliphatic carbocycles. The number of hydrogen-bond donors (Lipinski definition) is 0. The summed E-state index contributed by atoms with van der Waals surface area (Å²) in [6.45, 7) is 1.69. The first-order chi connectivity index (χ1) is 15.0. The molecule has 1 aliphatic heterocycles. The van der Waals surface area contributed by atoms with Gasteiger partial charge in [-0.15, -0.1) is 0 Å². The fourth-order valence-electron chi connectivity index (χ4n) is 3.30. The van der Waals surface area contributed by atoms with Gasteiger partial charge in [0.2, 0.25) is 5.78 Å². The summed E-state index contributed by atoms with van der Waals surface area (Å²) in [6.07, 6.45) is 1.71. The van der Waals surface area contributed by atoms with Crippen molar-refractivity contribution in [1.82, 2.24) is 0 Å². The topological polar surface area (TPSA) is 61.8 Å². The second-order valence-corrected chi connectivity index (χ2v) is 7.87. The predicted molar refractivity (Wildman–Crippen MR) is 121 cm³/mol. The Hall–Kier alpha value is -3.38. The molecule has 31 heavy (non-hydrogen) atoms. The number of hydrogen-bond acceptors (Lipinski definition) is 5.